The molecule has 2 aliphatic heterocycles. The van der Waals surface area contributed by atoms with Crippen LogP contribution in [-0.4, -0.2) is 45.5 Å². The molecule has 2 N–H and O–H groups in total. The molecule has 0 aliphatic carbocycles. The smallest absolute Gasteiger partial charge is 0.261 e. The van der Waals surface area contributed by atoms with Gasteiger partial charge < -0.3 is 5.73 Å². The fourth-order valence-electron chi connectivity index (χ4n) is 8.18. The molecule has 6 aromatic rings. The number of hydrogen-bond donors (Lipinski definition) is 1. The molecule has 7 heteroatoms. The van der Waals surface area contributed by atoms with Gasteiger partial charge in [-0.3, -0.25) is 29.0 Å². The van der Waals surface area contributed by atoms with Crippen molar-refractivity contribution in [3.8, 4) is 11.8 Å². The molecule has 0 unspecified atom stereocenters. The van der Waals surface area contributed by atoms with Crippen LogP contribution >= 0.6 is 0 Å². The van der Waals surface area contributed by atoms with Crippen molar-refractivity contribution >= 4 is 72.4 Å². The van der Waals surface area contributed by atoms with E-state index in [1.54, 1.807) is 12.1 Å². The number of nitrogens with two attached hydrogens (primary N) is 1. The number of nitrogen functional groups attached to an aromatic ring is 1. The first-order valence-corrected chi connectivity index (χ1v) is 17.1. The average molecular weight is 646 g/mol. The highest BCUT2D eigenvalue weighted by Gasteiger charge is 2.40. The minimum Gasteiger partial charge on any atom is -0.399 e. The lowest BCUT2D eigenvalue weighted by Gasteiger charge is -2.34. The van der Waals surface area contributed by atoms with Gasteiger partial charge in [-0.25, -0.2) is 0 Å². The summed E-state index contributed by atoms with van der Waals surface area (Å²) in [5.74, 6) is 5.46. The van der Waals surface area contributed by atoms with E-state index in [9.17, 15) is 19.2 Å². The third kappa shape index (κ3) is 4.16. The number of imide groups is 2. The third-order valence-corrected chi connectivity index (χ3v) is 10.7. The predicted molar refractivity (Wildman–Crippen MR) is 194 cm³/mol. The van der Waals surface area contributed by atoms with E-state index in [0.717, 1.165) is 37.9 Å². The Morgan fingerprint density at radius 1 is 0.510 bits per heavy atom. The number of nitrogens with zero attached hydrogens (tertiary/aromatic N) is 2. The molecule has 0 fully saturated rings. The molecule has 49 heavy (non-hydrogen) atoms. The second-order valence-electron chi connectivity index (χ2n) is 13.1. The molecule has 0 radical (unpaired) electrons. The summed E-state index contributed by atoms with van der Waals surface area (Å²) in [6.07, 6.45) is 2.65. The summed E-state index contributed by atoms with van der Waals surface area (Å²) >= 11 is 0. The first-order valence-electron chi connectivity index (χ1n) is 17.1. The van der Waals surface area contributed by atoms with Crippen LogP contribution in [0.3, 0.4) is 0 Å². The summed E-state index contributed by atoms with van der Waals surface area (Å²) in [7, 11) is 0. The van der Waals surface area contributed by atoms with E-state index in [0.29, 0.717) is 70.0 Å². The molecule has 7 nitrogen and oxygen atoms in total. The van der Waals surface area contributed by atoms with Gasteiger partial charge in [0.1, 0.15) is 0 Å². The van der Waals surface area contributed by atoms with Gasteiger partial charge in [0.2, 0.25) is 0 Å². The highest BCUT2D eigenvalue weighted by molar-refractivity contribution is 6.42. The number of amides is 4. The maximum atomic E-state index is 14.3. The van der Waals surface area contributed by atoms with Crippen LogP contribution in [0.4, 0.5) is 5.69 Å². The number of benzene rings is 6. The Morgan fingerprint density at radius 3 is 1.47 bits per heavy atom. The van der Waals surface area contributed by atoms with Gasteiger partial charge in [-0.2, -0.15) is 0 Å². The summed E-state index contributed by atoms with van der Waals surface area (Å²) in [5, 5.41) is 6.12. The maximum Gasteiger partial charge on any atom is 0.261 e. The highest BCUT2D eigenvalue weighted by Crippen LogP contribution is 2.48. The van der Waals surface area contributed by atoms with Crippen molar-refractivity contribution < 1.29 is 19.2 Å². The maximum absolute atomic E-state index is 14.3. The molecular formula is C42H35N3O4. The van der Waals surface area contributed by atoms with Crippen LogP contribution in [0.15, 0.2) is 66.7 Å². The number of fused-ring (bicyclic) bond motifs is 2. The van der Waals surface area contributed by atoms with Crippen molar-refractivity contribution in [3.63, 3.8) is 0 Å². The van der Waals surface area contributed by atoms with E-state index in [4.69, 9.17) is 5.73 Å². The minimum atomic E-state index is -0.320. The van der Waals surface area contributed by atoms with Crippen LogP contribution < -0.4 is 5.73 Å². The fraction of sp³-hybridized carbons (Fsp3) is 0.238. The van der Waals surface area contributed by atoms with E-state index in [1.807, 2.05) is 82.3 Å². The molecule has 0 saturated heterocycles. The lowest BCUT2D eigenvalue weighted by molar-refractivity contribution is 0.0514. The van der Waals surface area contributed by atoms with E-state index in [1.165, 1.54) is 9.80 Å². The Morgan fingerprint density at radius 2 is 0.959 bits per heavy atom. The monoisotopic (exact) mass is 645 g/mol. The number of hydrogen-bond acceptors (Lipinski definition) is 5. The van der Waals surface area contributed by atoms with Gasteiger partial charge in [0, 0.05) is 72.7 Å². The molecule has 6 aromatic carbocycles. The Labute approximate surface area is 284 Å². The van der Waals surface area contributed by atoms with Crippen LogP contribution in [0.1, 0.15) is 106 Å². The van der Waals surface area contributed by atoms with E-state index >= 15 is 0 Å². The second kappa shape index (κ2) is 11.2. The zero-order valence-corrected chi connectivity index (χ0v) is 27.9. The Balaban J connectivity index is 1.51. The van der Waals surface area contributed by atoms with Crippen LogP contribution in [0.5, 0.6) is 0 Å². The second-order valence-corrected chi connectivity index (χ2v) is 13.1. The van der Waals surface area contributed by atoms with Crippen LogP contribution in [0.2, 0.25) is 0 Å². The largest absolute Gasteiger partial charge is 0.399 e. The predicted octanol–water partition coefficient (Wildman–Crippen LogP) is 8.29. The zero-order valence-electron chi connectivity index (χ0n) is 27.9. The first-order chi connectivity index (χ1) is 23.7. The number of anilines is 1. The summed E-state index contributed by atoms with van der Waals surface area (Å²) in [5.41, 5.74) is 9.88. The summed E-state index contributed by atoms with van der Waals surface area (Å²) in [6, 6.07) is 20.0. The van der Waals surface area contributed by atoms with Gasteiger partial charge >= 0.3 is 0 Å². The van der Waals surface area contributed by atoms with Gasteiger partial charge in [0.15, 0.2) is 0 Å². The SMILES string of the molecule is CCC(CC)N1C(=O)c2ccc3c4ccc5c6c(cc(C#Cc7ccc(N)cc7)c(c7ccc(c2c37)C1=O)c64)C(=O)N(C(CC)CC)C5=O. The fourth-order valence-corrected chi connectivity index (χ4v) is 8.18. The van der Waals surface area contributed by atoms with Crippen LogP contribution in [0, 0.1) is 11.8 Å². The number of carbonyl (C=O) groups excluding carboxylic acids is 4. The molecule has 0 atom stereocenters. The summed E-state index contributed by atoms with van der Waals surface area (Å²) in [4.78, 5) is 59.3. The average Bonchev–Trinajstić information content (AvgIpc) is 3.12. The molecular weight excluding hydrogens is 610 g/mol. The van der Waals surface area contributed by atoms with Gasteiger partial charge in [0.05, 0.1) is 0 Å². The topological polar surface area (TPSA) is 101 Å². The van der Waals surface area contributed by atoms with Gasteiger partial charge in [0.25, 0.3) is 23.6 Å². The molecule has 0 bridgehead atoms. The number of rotatable bonds is 6. The molecule has 0 aromatic heterocycles. The molecule has 2 heterocycles. The Hall–Kier alpha value is -5.74. The van der Waals surface area contributed by atoms with Crippen molar-refractivity contribution in [3.05, 3.63) is 100 Å². The highest BCUT2D eigenvalue weighted by atomic mass is 16.2. The van der Waals surface area contributed by atoms with E-state index in [2.05, 4.69) is 11.8 Å². The van der Waals surface area contributed by atoms with Gasteiger partial charge in [-0.15, -0.1) is 0 Å². The molecule has 0 spiro atoms. The molecule has 4 amide bonds. The van der Waals surface area contributed by atoms with Crippen molar-refractivity contribution in [1.29, 1.82) is 0 Å². The molecule has 242 valence electrons. The van der Waals surface area contributed by atoms with Gasteiger partial charge in [-0.05, 0) is 95.8 Å². The molecule has 2 aliphatic rings. The van der Waals surface area contributed by atoms with Crippen LogP contribution in [0.25, 0.3) is 43.1 Å². The molecule has 0 saturated carbocycles. The molecule has 8 rings (SSSR count). The quantitative estimate of drug-likeness (QED) is 0.0646. The summed E-state index contributed by atoms with van der Waals surface area (Å²) in [6.45, 7) is 7.96. The normalized spacial score (nSPS) is 14.4. The van der Waals surface area contributed by atoms with Crippen molar-refractivity contribution in [2.45, 2.75) is 65.5 Å². The van der Waals surface area contributed by atoms with E-state index < -0.39 is 0 Å². The summed E-state index contributed by atoms with van der Waals surface area (Å²) < 4.78 is 0. The van der Waals surface area contributed by atoms with Gasteiger partial charge in [-0.1, -0.05) is 57.7 Å². The zero-order chi connectivity index (χ0) is 34.3. The Bertz CT molecular complexity index is 2470. The first kappa shape index (κ1) is 30.6. The lowest BCUT2D eigenvalue weighted by Crippen LogP contribution is -2.46. The van der Waals surface area contributed by atoms with Crippen molar-refractivity contribution in [2.24, 2.45) is 0 Å². The lowest BCUT2D eigenvalue weighted by atomic mass is 9.80. The number of carbonyl (C=O) groups is 4. The van der Waals surface area contributed by atoms with Crippen molar-refractivity contribution in [1.82, 2.24) is 9.80 Å². The van der Waals surface area contributed by atoms with E-state index in [-0.39, 0.29) is 35.7 Å². The van der Waals surface area contributed by atoms with Crippen molar-refractivity contribution in [2.75, 3.05) is 5.73 Å². The third-order valence-electron chi connectivity index (χ3n) is 10.7. The Kier molecular flexibility index (Phi) is 6.97. The standard InChI is InChI=1S/C42H35N3O4/c1-5-25(6-2)44-39(46)30-18-15-27-28-16-19-32-37-33(42(49)45(41(32)48)26(7-3)8-4)21-23(12-9-22-10-13-24(43)14-11-22)34(38(28)37)29-17-20-31(40(44)47)36(30)35(27)29/h10-11,13-21,25-26H,5-8,43H2,1-4H3. The minimum absolute atomic E-state index is 0.197. The van der Waals surface area contributed by atoms with Crippen LogP contribution in [-0.2, 0) is 0 Å².